The first-order chi connectivity index (χ1) is 13.4. The van der Waals surface area contributed by atoms with Gasteiger partial charge in [-0.3, -0.25) is 9.48 Å². The second-order valence-electron chi connectivity index (χ2n) is 6.72. The Kier molecular flexibility index (Phi) is 4.46. The molecule has 1 amide bonds. The highest BCUT2D eigenvalue weighted by molar-refractivity contribution is 5.94. The van der Waals surface area contributed by atoms with Gasteiger partial charge in [0.15, 0.2) is 0 Å². The number of likely N-dealkylation sites (tertiary alicyclic amines) is 1. The highest BCUT2D eigenvalue weighted by atomic mass is 19.1. The van der Waals surface area contributed by atoms with Crippen LogP contribution >= 0.6 is 0 Å². The highest BCUT2D eigenvalue weighted by Gasteiger charge is 2.34. The van der Waals surface area contributed by atoms with Crippen molar-refractivity contribution in [1.82, 2.24) is 14.7 Å². The fourth-order valence-corrected chi connectivity index (χ4v) is 3.11. The van der Waals surface area contributed by atoms with Crippen LogP contribution in [-0.2, 0) is 7.05 Å². The number of hydrogen-bond acceptors (Lipinski definition) is 5. The fourth-order valence-electron chi connectivity index (χ4n) is 3.11. The van der Waals surface area contributed by atoms with E-state index in [1.54, 1.807) is 43.1 Å². The van der Waals surface area contributed by atoms with E-state index in [1.165, 1.54) is 22.9 Å². The Hall–Kier alpha value is -3.42. The molecule has 0 aliphatic carbocycles. The third-order valence-corrected chi connectivity index (χ3v) is 4.54. The van der Waals surface area contributed by atoms with E-state index >= 15 is 0 Å². The molecular formula is C20H18FN3O4. The van der Waals surface area contributed by atoms with Crippen molar-refractivity contribution in [3.63, 3.8) is 0 Å². The zero-order valence-electron chi connectivity index (χ0n) is 15.4. The first kappa shape index (κ1) is 18.0. The molecule has 8 heteroatoms. The molecule has 1 fully saturated rings. The quantitative estimate of drug-likeness (QED) is 0.691. The summed E-state index contributed by atoms with van der Waals surface area (Å²) >= 11 is 0. The summed E-state index contributed by atoms with van der Waals surface area (Å²) in [4.78, 5) is 25.8. The summed E-state index contributed by atoms with van der Waals surface area (Å²) < 4.78 is 25.2. The molecule has 3 aromatic rings. The summed E-state index contributed by atoms with van der Waals surface area (Å²) in [6.45, 7) is 2.50. The van der Waals surface area contributed by atoms with Crippen molar-refractivity contribution in [3.8, 4) is 17.0 Å². The minimum Gasteiger partial charge on any atom is -0.486 e. The summed E-state index contributed by atoms with van der Waals surface area (Å²) in [5.41, 5.74) is 1.31. The molecule has 1 aromatic carbocycles. The van der Waals surface area contributed by atoms with E-state index in [-0.39, 0.29) is 17.8 Å². The lowest BCUT2D eigenvalue weighted by molar-refractivity contribution is 0.0167. The summed E-state index contributed by atoms with van der Waals surface area (Å²) in [5.74, 6) is 0.420. The van der Waals surface area contributed by atoms with Gasteiger partial charge in [0, 0.05) is 18.7 Å². The lowest BCUT2D eigenvalue weighted by atomic mass is 10.1. The highest BCUT2D eigenvalue weighted by Crippen LogP contribution is 2.23. The molecule has 4 rings (SSSR count). The zero-order valence-corrected chi connectivity index (χ0v) is 15.4. The van der Waals surface area contributed by atoms with Crippen LogP contribution in [0.3, 0.4) is 0 Å². The summed E-state index contributed by atoms with van der Waals surface area (Å²) in [7, 11) is 1.69. The number of aryl methyl sites for hydroxylation is 2. The van der Waals surface area contributed by atoms with Crippen LogP contribution in [0.25, 0.3) is 11.3 Å². The number of halogens is 1. The van der Waals surface area contributed by atoms with E-state index in [1.807, 2.05) is 0 Å². The lowest BCUT2D eigenvalue weighted by Gasteiger charge is -2.38. The maximum atomic E-state index is 13.1. The molecule has 28 heavy (non-hydrogen) atoms. The number of nitrogens with zero attached hydrogens (tertiary/aromatic N) is 3. The second kappa shape index (κ2) is 6.95. The molecule has 0 unspecified atom stereocenters. The van der Waals surface area contributed by atoms with Crippen molar-refractivity contribution in [3.05, 3.63) is 70.2 Å². The van der Waals surface area contributed by atoms with Crippen LogP contribution in [0.4, 0.5) is 4.39 Å². The van der Waals surface area contributed by atoms with Gasteiger partial charge < -0.3 is 14.1 Å². The van der Waals surface area contributed by atoms with Crippen molar-refractivity contribution < 1.29 is 18.3 Å². The molecule has 1 saturated heterocycles. The zero-order chi connectivity index (χ0) is 19.8. The monoisotopic (exact) mass is 383 g/mol. The van der Waals surface area contributed by atoms with Gasteiger partial charge in [-0.2, -0.15) is 5.10 Å². The minimum absolute atomic E-state index is 0.160. The van der Waals surface area contributed by atoms with Crippen molar-refractivity contribution in [2.24, 2.45) is 7.05 Å². The first-order valence-electron chi connectivity index (χ1n) is 8.77. The summed E-state index contributed by atoms with van der Waals surface area (Å²) in [5, 5.41) is 4.35. The standard InChI is InChI=1S/C20H18FN3O4/c1-12-7-15(8-19(25)27-12)28-16-10-24(11-16)20(26)18-9-17(22-23(18)2)13-3-5-14(21)6-4-13/h3-9,16H,10-11H2,1-2H3. The van der Waals surface area contributed by atoms with Crippen LogP contribution in [0.15, 0.2) is 51.7 Å². The molecule has 3 heterocycles. The van der Waals surface area contributed by atoms with Gasteiger partial charge in [0.1, 0.15) is 29.1 Å². The van der Waals surface area contributed by atoms with Gasteiger partial charge in [0.2, 0.25) is 0 Å². The van der Waals surface area contributed by atoms with Crippen LogP contribution in [0.1, 0.15) is 16.2 Å². The SMILES string of the molecule is Cc1cc(OC2CN(C(=O)c3cc(-c4ccc(F)cc4)nn3C)C2)cc(=O)o1. The fraction of sp³-hybridized carbons (Fsp3) is 0.250. The molecule has 0 spiro atoms. The van der Waals surface area contributed by atoms with Gasteiger partial charge in [0.05, 0.1) is 24.8 Å². The van der Waals surface area contributed by atoms with Gasteiger partial charge >= 0.3 is 5.63 Å². The second-order valence-corrected chi connectivity index (χ2v) is 6.72. The third kappa shape index (κ3) is 3.53. The average molecular weight is 383 g/mol. The number of carbonyl (C=O) groups is 1. The maximum Gasteiger partial charge on any atom is 0.339 e. The van der Waals surface area contributed by atoms with Gasteiger partial charge in [-0.25, -0.2) is 9.18 Å². The number of aromatic nitrogens is 2. The Morgan fingerprint density at radius 2 is 1.93 bits per heavy atom. The third-order valence-electron chi connectivity index (χ3n) is 4.54. The number of amides is 1. The van der Waals surface area contributed by atoms with E-state index in [0.717, 1.165) is 5.56 Å². The number of rotatable bonds is 4. The Bertz CT molecular complexity index is 1080. The maximum absolute atomic E-state index is 13.1. The Balaban J connectivity index is 1.42. The van der Waals surface area contributed by atoms with E-state index in [9.17, 15) is 14.0 Å². The van der Waals surface area contributed by atoms with Gasteiger partial charge in [-0.1, -0.05) is 0 Å². The van der Waals surface area contributed by atoms with Crippen molar-refractivity contribution in [2.75, 3.05) is 13.1 Å². The van der Waals surface area contributed by atoms with Crippen LogP contribution < -0.4 is 10.4 Å². The summed E-state index contributed by atoms with van der Waals surface area (Å²) in [6, 6.07) is 10.6. The molecule has 144 valence electrons. The normalized spacial score (nSPS) is 14.0. The molecule has 2 aromatic heterocycles. The number of benzene rings is 1. The van der Waals surface area contributed by atoms with Crippen molar-refractivity contribution >= 4 is 5.91 Å². The number of hydrogen-bond donors (Lipinski definition) is 0. The lowest BCUT2D eigenvalue weighted by Crippen LogP contribution is -2.56. The molecule has 0 saturated carbocycles. The van der Waals surface area contributed by atoms with Crippen LogP contribution in [-0.4, -0.2) is 39.8 Å². The molecule has 1 aliphatic heterocycles. The predicted octanol–water partition coefficient (Wildman–Crippen LogP) is 2.39. The Labute approximate surface area is 160 Å². The molecule has 0 bridgehead atoms. The molecule has 0 N–H and O–H groups in total. The molecule has 0 radical (unpaired) electrons. The van der Waals surface area contributed by atoms with Crippen LogP contribution in [0, 0.1) is 12.7 Å². The van der Waals surface area contributed by atoms with Gasteiger partial charge in [-0.05, 0) is 37.3 Å². The molecule has 7 nitrogen and oxygen atoms in total. The van der Waals surface area contributed by atoms with Crippen molar-refractivity contribution in [2.45, 2.75) is 13.0 Å². The smallest absolute Gasteiger partial charge is 0.339 e. The average Bonchev–Trinajstić information content (AvgIpc) is 2.99. The Morgan fingerprint density at radius 1 is 1.21 bits per heavy atom. The van der Waals surface area contributed by atoms with E-state index in [2.05, 4.69) is 5.10 Å². The van der Waals surface area contributed by atoms with Crippen LogP contribution in [0.2, 0.25) is 0 Å². The van der Waals surface area contributed by atoms with Crippen molar-refractivity contribution in [1.29, 1.82) is 0 Å². The summed E-state index contributed by atoms with van der Waals surface area (Å²) in [6.07, 6.45) is -0.185. The van der Waals surface area contributed by atoms with Gasteiger partial charge in [0.25, 0.3) is 5.91 Å². The van der Waals surface area contributed by atoms with E-state index in [4.69, 9.17) is 9.15 Å². The molecule has 1 aliphatic rings. The van der Waals surface area contributed by atoms with E-state index in [0.29, 0.717) is 36.0 Å². The predicted molar refractivity (Wildman–Crippen MR) is 98.6 cm³/mol. The van der Waals surface area contributed by atoms with Gasteiger partial charge in [-0.15, -0.1) is 0 Å². The largest absolute Gasteiger partial charge is 0.486 e. The molecular weight excluding hydrogens is 365 g/mol. The topological polar surface area (TPSA) is 77.6 Å². The number of carbonyl (C=O) groups excluding carboxylic acids is 1. The minimum atomic E-state index is -0.467. The van der Waals surface area contributed by atoms with E-state index < -0.39 is 5.63 Å². The number of ether oxygens (including phenoxy) is 1. The van der Waals surface area contributed by atoms with Crippen LogP contribution in [0.5, 0.6) is 5.75 Å². The first-order valence-corrected chi connectivity index (χ1v) is 8.77. The molecule has 0 atom stereocenters. The Morgan fingerprint density at radius 3 is 2.61 bits per heavy atom.